The molecule has 1 atom stereocenters. The van der Waals surface area contributed by atoms with Crippen LogP contribution in [0.25, 0.3) is 0 Å². The molecular weight excluding hydrogens is 474 g/mol. The predicted octanol–water partition coefficient (Wildman–Crippen LogP) is 9.02. The molecule has 1 unspecified atom stereocenters. The van der Waals surface area contributed by atoms with E-state index in [-0.39, 0.29) is 5.97 Å². The molecule has 37 heavy (non-hydrogen) atoms. The number of rotatable bonds is 18. The summed E-state index contributed by atoms with van der Waals surface area (Å²) in [7, 11) is 0. The summed E-state index contributed by atoms with van der Waals surface area (Å²) in [5.74, 6) is 1.58. The van der Waals surface area contributed by atoms with Gasteiger partial charge in [0.1, 0.15) is 5.75 Å². The van der Waals surface area contributed by atoms with Crippen molar-refractivity contribution >= 4 is 17.3 Å². The molecule has 1 aromatic carbocycles. The van der Waals surface area contributed by atoms with Crippen LogP contribution < -0.4 is 4.74 Å². The van der Waals surface area contributed by atoms with Crippen LogP contribution in [0.1, 0.15) is 114 Å². The van der Waals surface area contributed by atoms with Crippen LogP contribution >= 0.6 is 11.3 Å². The van der Waals surface area contributed by atoms with Gasteiger partial charge < -0.3 is 4.74 Å². The molecule has 0 aliphatic heterocycles. The predicted molar refractivity (Wildman–Crippen MR) is 159 cm³/mol. The molecular formula is C33H51NO2S. The molecule has 1 heterocycles. The Hall–Kier alpha value is -1.65. The second-order valence-electron chi connectivity index (χ2n) is 11.4. The molecule has 0 amide bonds. The molecule has 0 bridgehead atoms. The average molecular weight is 526 g/mol. The maximum Gasteiger partial charge on any atom is 0.311 e. The van der Waals surface area contributed by atoms with E-state index in [4.69, 9.17) is 4.74 Å². The van der Waals surface area contributed by atoms with Crippen LogP contribution in [0.5, 0.6) is 5.75 Å². The Morgan fingerprint density at radius 3 is 2.46 bits per heavy atom. The van der Waals surface area contributed by atoms with Crippen LogP contribution in [0.3, 0.4) is 0 Å². The van der Waals surface area contributed by atoms with Gasteiger partial charge in [-0.05, 0) is 79.6 Å². The minimum atomic E-state index is -0.0623. The van der Waals surface area contributed by atoms with Gasteiger partial charge in [0, 0.05) is 23.9 Å². The molecule has 3 nitrogen and oxygen atoms in total. The quantitative estimate of drug-likeness (QED) is 0.110. The molecule has 1 aliphatic carbocycles. The first-order chi connectivity index (χ1) is 18.1. The SMILES string of the molecule is CCCN(CCc1cccs1)C1CCc2c(cccc2OC(=O)CCCCCCCCCCC(C)C)C1. The zero-order valence-electron chi connectivity index (χ0n) is 23.8. The number of benzene rings is 1. The average Bonchev–Trinajstić information content (AvgIpc) is 3.41. The molecule has 4 heteroatoms. The highest BCUT2D eigenvalue weighted by Gasteiger charge is 2.26. The van der Waals surface area contributed by atoms with E-state index in [1.165, 1.54) is 67.4 Å². The summed E-state index contributed by atoms with van der Waals surface area (Å²) in [5.41, 5.74) is 2.63. The molecule has 3 rings (SSSR count). The fourth-order valence-electron chi connectivity index (χ4n) is 5.69. The van der Waals surface area contributed by atoms with Crippen LogP contribution in [0.2, 0.25) is 0 Å². The van der Waals surface area contributed by atoms with Crippen LogP contribution in [0.4, 0.5) is 0 Å². The molecule has 0 saturated carbocycles. The van der Waals surface area contributed by atoms with E-state index in [0.29, 0.717) is 12.5 Å². The zero-order chi connectivity index (χ0) is 26.3. The smallest absolute Gasteiger partial charge is 0.311 e. The number of esters is 1. The standard InChI is InChI=1S/C33H51NO2S/c1-4-23-34(24-22-30-17-14-25-37-30)29-20-21-31-28(26-29)16-13-18-32(31)36-33(35)19-12-10-8-6-5-7-9-11-15-27(2)3/h13-14,16-18,25,27,29H,4-12,15,19-24,26H2,1-3H3. The molecule has 1 aliphatic rings. The number of fused-ring (bicyclic) bond motifs is 1. The van der Waals surface area contributed by atoms with Gasteiger partial charge in [-0.1, -0.05) is 90.3 Å². The summed E-state index contributed by atoms with van der Waals surface area (Å²) >= 11 is 1.86. The summed E-state index contributed by atoms with van der Waals surface area (Å²) in [5, 5.41) is 2.18. The van der Waals surface area contributed by atoms with E-state index in [1.54, 1.807) is 0 Å². The molecule has 1 aromatic heterocycles. The summed E-state index contributed by atoms with van der Waals surface area (Å²) in [6.07, 6.45) is 17.5. The third-order valence-electron chi connectivity index (χ3n) is 7.80. The molecule has 206 valence electrons. The zero-order valence-corrected chi connectivity index (χ0v) is 24.6. The van der Waals surface area contributed by atoms with E-state index in [9.17, 15) is 4.79 Å². The lowest BCUT2D eigenvalue weighted by atomic mass is 9.86. The summed E-state index contributed by atoms with van der Waals surface area (Å²) in [6, 6.07) is 11.3. The van der Waals surface area contributed by atoms with Gasteiger partial charge in [-0.15, -0.1) is 11.3 Å². The molecule has 0 saturated heterocycles. The van der Waals surface area contributed by atoms with Crippen LogP contribution in [-0.4, -0.2) is 30.0 Å². The number of thiophene rings is 1. The number of hydrogen-bond acceptors (Lipinski definition) is 4. The van der Waals surface area contributed by atoms with Gasteiger partial charge in [0.2, 0.25) is 0 Å². The Morgan fingerprint density at radius 2 is 1.76 bits per heavy atom. The van der Waals surface area contributed by atoms with Crippen molar-refractivity contribution in [2.75, 3.05) is 13.1 Å². The Balaban J connectivity index is 1.38. The Labute approximate surface area is 231 Å². The first-order valence-corrected chi connectivity index (χ1v) is 16.0. The highest BCUT2D eigenvalue weighted by Crippen LogP contribution is 2.32. The van der Waals surface area contributed by atoms with Crippen molar-refractivity contribution in [2.24, 2.45) is 5.92 Å². The number of unbranched alkanes of at least 4 members (excludes halogenated alkanes) is 7. The van der Waals surface area contributed by atoms with Crippen molar-refractivity contribution in [3.63, 3.8) is 0 Å². The number of carbonyl (C=O) groups is 1. The minimum absolute atomic E-state index is 0.0623. The molecule has 0 N–H and O–H groups in total. The number of hydrogen-bond donors (Lipinski definition) is 0. The van der Waals surface area contributed by atoms with Crippen molar-refractivity contribution in [3.8, 4) is 5.75 Å². The normalized spacial score (nSPS) is 15.3. The largest absolute Gasteiger partial charge is 0.426 e. The fraction of sp³-hybridized carbons (Fsp3) is 0.667. The Morgan fingerprint density at radius 1 is 1.00 bits per heavy atom. The number of ether oxygens (including phenoxy) is 1. The fourth-order valence-corrected chi connectivity index (χ4v) is 6.39. The van der Waals surface area contributed by atoms with Gasteiger partial charge in [-0.25, -0.2) is 0 Å². The minimum Gasteiger partial charge on any atom is -0.426 e. The molecule has 0 radical (unpaired) electrons. The van der Waals surface area contributed by atoms with E-state index in [2.05, 4.69) is 55.3 Å². The van der Waals surface area contributed by atoms with E-state index < -0.39 is 0 Å². The number of nitrogens with zero attached hydrogens (tertiary/aromatic N) is 1. The highest BCUT2D eigenvalue weighted by molar-refractivity contribution is 7.09. The van der Waals surface area contributed by atoms with Crippen LogP contribution in [0, 0.1) is 5.92 Å². The lowest BCUT2D eigenvalue weighted by molar-refractivity contribution is -0.134. The Bertz CT molecular complexity index is 892. The maximum atomic E-state index is 12.6. The maximum absolute atomic E-state index is 12.6. The van der Waals surface area contributed by atoms with Gasteiger partial charge in [0.05, 0.1) is 0 Å². The van der Waals surface area contributed by atoms with Crippen molar-refractivity contribution in [1.82, 2.24) is 4.90 Å². The second-order valence-corrected chi connectivity index (χ2v) is 12.4. The van der Waals surface area contributed by atoms with Crippen molar-refractivity contribution in [1.29, 1.82) is 0 Å². The van der Waals surface area contributed by atoms with Gasteiger partial charge in [0.25, 0.3) is 0 Å². The molecule has 2 aromatic rings. The Kier molecular flexibility index (Phi) is 13.8. The second kappa shape index (κ2) is 17.0. The molecule has 0 spiro atoms. The topological polar surface area (TPSA) is 29.5 Å². The first kappa shape index (κ1) is 29.9. The van der Waals surface area contributed by atoms with Crippen LogP contribution in [0.15, 0.2) is 35.7 Å². The van der Waals surface area contributed by atoms with Crippen LogP contribution in [-0.2, 0) is 24.1 Å². The summed E-state index contributed by atoms with van der Waals surface area (Å²) in [4.78, 5) is 16.7. The van der Waals surface area contributed by atoms with E-state index in [0.717, 1.165) is 63.3 Å². The molecule has 0 fully saturated rings. The summed E-state index contributed by atoms with van der Waals surface area (Å²) in [6.45, 7) is 9.17. The lowest BCUT2D eigenvalue weighted by Gasteiger charge is -2.35. The third-order valence-corrected chi connectivity index (χ3v) is 8.74. The van der Waals surface area contributed by atoms with Crippen molar-refractivity contribution in [3.05, 3.63) is 51.7 Å². The lowest BCUT2D eigenvalue weighted by Crippen LogP contribution is -2.41. The third kappa shape index (κ3) is 10.9. The van der Waals surface area contributed by atoms with Gasteiger partial charge in [0.15, 0.2) is 0 Å². The van der Waals surface area contributed by atoms with Crippen molar-refractivity contribution in [2.45, 2.75) is 123 Å². The monoisotopic (exact) mass is 525 g/mol. The van der Waals surface area contributed by atoms with E-state index >= 15 is 0 Å². The van der Waals surface area contributed by atoms with Gasteiger partial charge >= 0.3 is 5.97 Å². The van der Waals surface area contributed by atoms with Gasteiger partial charge in [-0.3, -0.25) is 9.69 Å². The first-order valence-electron chi connectivity index (χ1n) is 15.1. The number of carbonyl (C=O) groups excluding carboxylic acids is 1. The summed E-state index contributed by atoms with van der Waals surface area (Å²) < 4.78 is 5.89. The van der Waals surface area contributed by atoms with Gasteiger partial charge in [-0.2, -0.15) is 0 Å². The van der Waals surface area contributed by atoms with E-state index in [1.807, 2.05) is 17.4 Å². The highest BCUT2D eigenvalue weighted by atomic mass is 32.1. The van der Waals surface area contributed by atoms with Crippen molar-refractivity contribution < 1.29 is 9.53 Å².